The van der Waals surface area contributed by atoms with Crippen molar-refractivity contribution in [2.24, 2.45) is 11.7 Å². The Hall–Kier alpha value is -1.19. The molecule has 1 aromatic heterocycles. The van der Waals surface area contributed by atoms with Gasteiger partial charge in [0.1, 0.15) is 4.88 Å². The topological polar surface area (TPSA) is 89.7 Å². The number of carbonyl (C=O) groups excluding carboxylic acids is 1. The van der Waals surface area contributed by atoms with Gasteiger partial charge in [0.25, 0.3) is 0 Å². The first-order valence-electron chi connectivity index (χ1n) is 8.79. The van der Waals surface area contributed by atoms with Crippen LogP contribution < -0.4 is 5.73 Å². The van der Waals surface area contributed by atoms with Gasteiger partial charge in [0.05, 0.1) is 11.5 Å². The van der Waals surface area contributed by atoms with E-state index in [-0.39, 0.29) is 35.2 Å². The number of rotatable bonds is 5. The van der Waals surface area contributed by atoms with Crippen LogP contribution in [0.5, 0.6) is 0 Å². The Labute approximate surface area is 170 Å². The maximum absolute atomic E-state index is 13.0. The highest BCUT2D eigenvalue weighted by molar-refractivity contribution is 7.89. The lowest BCUT2D eigenvalue weighted by Gasteiger charge is -2.33. The summed E-state index contributed by atoms with van der Waals surface area (Å²) in [6, 6.07) is 6.66. The van der Waals surface area contributed by atoms with Gasteiger partial charge in [0.2, 0.25) is 10.0 Å². The molecule has 1 aliphatic rings. The van der Waals surface area contributed by atoms with Gasteiger partial charge in [-0.15, -0.1) is 23.7 Å². The zero-order chi connectivity index (χ0) is 18.9. The Morgan fingerprint density at radius 1 is 1.41 bits per heavy atom. The number of nitrogens with zero attached hydrogens (tertiary/aromatic N) is 1. The molecule has 0 saturated carbocycles. The Morgan fingerprint density at radius 3 is 2.81 bits per heavy atom. The molecular formula is C18H25ClN2O4S2. The van der Waals surface area contributed by atoms with Gasteiger partial charge in [-0.3, -0.25) is 0 Å². The van der Waals surface area contributed by atoms with E-state index in [1.54, 1.807) is 31.2 Å². The fourth-order valence-electron chi connectivity index (χ4n) is 3.26. The average Bonchev–Trinajstić information content (AvgIpc) is 3.05. The number of piperidine rings is 1. The first-order valence-corrected chi connectivity index (χ1v) is 11.0. The van der Waals surface area contributed by atoms with Crippen molar-refractivity contribution in [1.29, 1.82) is 0 Å². The summed E-state index contributed by atoms with van der Waals surface area (Å²) in [5.41, 5.74) is 5.98. The molecule has 2 atom stereocenters. The van der Waals surface area contributed by atoms with E-state index in [0.717, 1.165) is 22.9 Å². The zero-order valence-electron chi connectivity index (χ0n) is 15.4. The van der Waals surface area contributed by atoms with Crippen LogP contribution in [-0.4, -0.2) is 44.4 Å². The predicted molar refractivity (Wildman–Crippen MR) is 110 cm³/mol. The lowest BCUT2D eigenvalue weighted by Crippen LogP contribution is -2.44. The molecular weight excluding hydrogens is 408 g/mol. The van der Waals surface area contributed by atoms with Gasteiger partial charge in [-0.1, -0.05) is 0 Å². The summed E-state index contributed by atoms with van der Waals surface area (Å²) >= 11 is 1.31. The number of carbonyl (C=O) groups is 1. The van der Waals surface area contributed by atoms with Crippen LogP contribution in [0.3, 0.4) is 0 Å². The number of sulfonamides is 1. The van der Waals surface area contributed by atoms with Crippen LogP contribution in [0.25, 0.3) is 10.1 Å². The summed E-state index contributed by atoms with van der Waals surface area (Å²) in [6.07, 6.45) is 1.77. The average molecular weight is 433 g/mol. The first-order chi connectivity index (χ1) is 12.3. The van der Waals surface area contributed by atoms with Gasteiger partial charge in [-0.25, -0.2) is 13.2 Å². The normalized spacial score (nSPS) is 19.4. The standard InChI is InChI=1S/C18H24N2O4S2.ClH/c1-3-24-18(21)17-10-14-9-15(6-7-16(14)25-17)26(22,23)20-8-4-5-13(11-20)12(2)19;/h6-7,9-10,12-13H,3-5,8,11,19H2,1-2H3;1H. The quantitative estimate of drug-likeness (QED) is 0.732. The van der Waals surface area contributed by atoms with Gasteiger partial charge < -0.3 is 10.5 Å². The molecule has 0 bridgehead atoms. The third-order valence-corrected chi connectivity index (χ3v) is 7.72. The van der Waals surface area contributed by atoms with Gasteiger partial charge in [0, 0.05) is 23.8 Å². The molecule has 1 aliphatic heterocycles. The zero-order valence-corrected chi connectivity index (χ0v) is 17.8. The van der Waals surface area contributed by atoms with Crippen LogP contribution in [0.4, 0.5) is 0 Å². The summed E-state index contributed by atoms with van der Waals surface area (Å²) in [5.74, 6) is -0.201. The number of fused-ring (bicyclic) bond motifs is 1. The van der Waals surface area contributed by atoms with Crippen molar-refractivity contribution >= 4 is 49.8 Å². The van der Waals surface area contributed by atoms with E-state index in [1.165, 1.54) is 15.6 Å². The summed E-state index contributed by atoms with van der Waals surface area (Å²) in [4.78, 5) is 12.6. The molecule has 0 aliphatic carbocycles. The molecule has 1 aromatic carbocycles. The second-order valence-corrected chi connectivity index (χ2v) is 9.68. The van der Waals surface area contributed by atoms with E-state index in [4.69, 9.17) is 10.5 Å². The van der Waals surface area contributed by atoms with Crippen molar-refractivity contribution < 1.29 is 17.9 Å². The molecule has 2 N–H and O–H groups in total. The summed E-state index contributed by atoms with van der Waals surface area (Å²) < 4.78 is 33.5. The predicted octanol–water partition coefficient (Wildman–Crippen LogP) is 3.25. The van der Waals surface area contributed by atoms with Crippen molar-refractivity contribution in [3.05, 3.63) is 29.1 Å². The maximum Gasteiger partial charge on any atom is 0.348 e. The third kappa shape index (κ3) is 4.63. The number of halogens is 1. The van der Waals surface area contributed by atoms with E-state index in [1.807, 2.05) is 6.92 Å². The molecule has 9 heteroatoms. The van der Waals surface area contributed by atoms with Gasteiger partial charge in [-0.05, 0) is 62.3 Å². The molecule has 150 valence electrons. The van der Waals surface area contributed by atoms with E-state index in [9.17, 15) is 13.2 Å². The lowest BCUT2D eigenvalue weighted by molar-refractivity contribution is 0.0532. The number of benzene rings is 1. The molecule has 2 aromatic rings. The Morgan fingerprint density at radius 2 is 2.15 bits per heavy atom. The van der Waals surface area contributed by atoms with Crippen LogP contribution in [0.2, 0.25) is 0 Å². The molecule has 27 heavy (non-hydrogen) atoms. The van der Waals surface area contributed by atoms with Crippen molar-refractivity contribution in [3.63, 3.8) is 0 Å². The molecule has 1 saturated heterocycles. The second kappa shape index (κ2) is 8.87. The highest BCUT2D eigenvalue weighted by Crippen LogP contribution is 2.31. The second-order valence-electron chi connectivity index (χ2n) is 6.66. The van der Waals surface area contributed by atoms with Gasteiger partial charge in [0.15, 0.2) is 0 Å². The largest absolute Gasteiger partial charge is 0.462 e. The van der Waals surface area contributed by atoms with Crippen molar-refractivity contribution in [2.45, 2.75) is 37.6 Å². The number of esters is 1. The maximum atomic E-state index is 13.0. The molecule has 1 fully saturated rings. The van der Waals surface area contributed by atoms with E-state index >= 15 is 0 Å². The number of hydrogen-bond acceptors (Lipinski definition) is 6. The number of nitrogens with two attached hydrogens (primary N) is 1. The number of thiophene rings is 1. The molecule has 0 amide bonds. The van der Waals surface area contributed by atoms with Crippen molar-refractivity contribution in [2.75, 3.05) is 19.7 Å². The first kappa shape index (κ1) is 22.1. The highest BCUT2D eigenvalue weighted by Gasteiger charge is 2.31. The summed E-state index contributed by atoms with van der Waals surface area (Å²) in [6.45, 7) is 4.96. The lowest BCUT2D eigenvalue weighted by atomic mass is 9.93. The Bertz CT molecular complexity index is 911. The van der Waals surface area contributed by atoms with Crippen LogP contribution >= 0.6 is 23.7 Å². The number of ether oxygens (including phenoxy) is 1. The van der Waals surface area contributed by atoms with Crippen LogP contribution in [0.1, 0.15) is 36.4 Å². The summed E-state index contributed by atoms with van der Waals surface area (Å²) in [7, 11) is -3.57. The van der Waals surface area contributed by atoms with E-state index in [0.29, 0.717) is 24.6 Å². The molecule has 0 radical (unpaired) electrons. The minimum absolute atomic E-state index is 0. The minimum atomic E-state index is -3.57. The Kier molecular flexibility index (Phi) is 7.27. The number of hydrogen-bond donors (Lipinski definition) is 1. The van der Waals surface area contributed by atoms with Gasteiger partial charge in [-0.2, -0.15) is 4.31 Å². The van der Waals surface area contributed by atoms with E-state index in [2.05, 4.69) is 0 Å². The highest BCUT2D eigenvalue weighted by atomic mass is 35.5. The van der Waals surface area contributed by atoms with Crippen molar-refractivity contribution in [1.82, 2.24) is 4.31 Å². The van der Waals surface area contributed by atoms with Crippen LogP contribution in [-0.2, 0) is 14.8 Å². The van der Waals surface area contributed by atoms with E-state index < -0.39 is 10.0 Å². The monoisotopic (exact) mass is 432 g/mol. The summed E-state index contributed by atoms with van der Waals surface area (Å²) in [5, 5.41) is 0.736. The molecule has 2 unspecified atom stereocenters. The molecule has 0 spiro atoms. The fourth-order valence-corrected chi connectivity index (χ4v) is 5.76. The Balaban J connectivity index is 0.00000261. The van der Waals surface area contributed by atoms with Crippen LogP contribution in [0.15, 0.2) is 29.2 Å². The molecule has 3 rings (SSSR count). The molecule has 2 heterocycles. The van der Waals surface area contributed by atoms with Crippen LogP contribution in [0, 0.1) is 5.92 Å². The molecule has 6 nitrogen and oxygen atoms in total. The minimum Gasteiger partial charge on any atom is -0.462 e. The third-order valence-electron chi connectivity index (χ3n) is 4.77. The van der Waals surface area contributed by atoms with Crippen molar-refractivity contribution in [3.8, 4) is 0 Å². The van der Waals surface area contributed by atoms with Gasteiger partial charge >= 0.3 is 5.97 Å². The SMILES string of the molecule is CCOC(=O)c1cc2cc(S(=O)(=O)N3CCCC(C(C)N)C3)ccc2s1.Cl. The smallest absolute Gasteiger partial charge is 0.348 e. The fraction of sp³-hybridized carbons (Fsp3) is 0.500.